The highest BCUT2D eigenvalue weighted by Crippen LogP contribution is 2.24. The zero-order valence-electron chi connectivity index (χ0n) is 17.0. The van der Waals surface area contributed by atoms with Gasteiger partial charge >= 0.3 is 0 Å². The van der Waals surface area contributed by atoms with Gasteiger partial charge in [-0.15, -0.1) is 0 Å². The number of sulfone groups is 1. The maximum absolute atomic E-state index is 12.9. The van der Waals surface area contributed by atoms with Crippen LogP contribution in [0.2, 0.25) is 5.02 Å². The number of anilines is 1. The summed E-state index contributed by atoms with van der Waals surface area (Å²) in [6, 6.07) is 12.3. The second kappa shape index (κ2) is 8.80. The molecule has 1 aliphatic heterocycles. The van der Waals surface area contributed by atoms with Crippen molar-refractivity contribution in [2.45, 2.75) is 31.8 Å². The van der Waals surface area contributed by atoms with Crippen LogP contribution in [0.3, 0.4) is 0 Å². The first kappa shape index (κ1) is 21.5. The predicted molar refractivity (Wildman–Crippen MR) is 122 cm³/mol. The van der Waals surface area contributed by atoms with E-state index in [-0.39, 0.29) is 29.1 Å². The van der Waals surface area contributed by atoms with E-state index in [0.29, 0.717) is 28.6 Å². The summed E-state index contributed by atoms with van der Waals surface area (Å²) in [5.74, 6) is 0.612. The fourth-order valence-corrected chi connectivity index (χ4v) is 5.77. The molecule has 31 heavy (non-hydrogen) atoms. The number of nitrogens with zero attached hydrogens (tertiary/aromatic N) is 3. The first-order valence-electron chi connectivity index (χ1n) is 10.1. The molecule has 0 bridgehead atoms. The van der Waals surface area contributed by atoms with Crippen molar-refractivity contribution < 1.29 is 8.42 Å². The van der Waals surface area contributed by atoms with Crippen molar-refractivity contribution in [1.29, 1.82) is 0 Å². The molecule has 3 aromatic rings. The Morgan fingerprint density at radius 1 is 1.26 bits per heavy atom. The lowest BCUT2D eigenvalue weighted by atomic mass is 10.0. The van der Waals surface area contributed by atoms with Gasteiger partial charge in [0.05, 0.1) is 23.2 Å². The molecular weight excluding hydrogens is 436 g/mol. The van der Waals surface area contributed by atoms with Crippen molar-refractivity contribution in [2.24, 2.45) is 0 Å². The summed E-state index contributed by atoms with van der Waals surface area (Å²) >= 11 is 6.13. The molecule has 4 rings (SSSR count). The van der Waals surface area contributed by atoms with E-state index in [1.807, 2.05) is 37.3 Å². The molecule has 9 heteroatoms. The maximum Gasteiger partial charge on any atom is 0.251 e. The first-order chi connectivity index (χ1) is 14.8. The monoisotopic (exact) mass is 458 g/mol. The number of halogens is 1. The third-order valence-electron chi connectivity index (χ3n) is 5.42. The van der Waals surface area contributed by atoms with Gasteiger partial charge in [0.15, 0.2) is 9.84 Å². The van der Waals surface area contributed by atoms with Gasteiger partial charge in [-0.3, -0.25) is 4.79 Å². The zero-order valence-corrected chi connectivity index (χ0v) is 18.6. The Kier molecular flexibility index (Phi) is 6.11. The minimum atomic E-state index is -3.00. The Hall–Kier alpha value is -2.71. The average Bonchev–Trinajstić information content (AvgIpc) is 3.08. The van der Waals surface area contributed by atoms with Gasteiger partial charge in [-0.1, -0.05) is 30.7 Å². The van der Waals surface area contributed by atoms with Gasteiger partial charge in [-0.05, 0) is 42.7 Å². The Bertz CT molecular complexity index is 1260. The van der Waals surface area contributed by atoms with Crippen LogP contribution in [0.15, 0.2) is 59.7 Å². The molecule has 2 unspecified atom stereocenters. The standard InChI is InChI=1S/C22H23ClN4O3S/c1-2-20(16-4-3-5-17(23)12-16)27-10-7-15(13-21(27)28)19-6-9-24-22(26-19)25-18-8-11-31(29,30)14-18/h3-7,9-10,12-13,18,20H,2,8,11,14H2,1H3,(H,24,25,26). The van der Waals surface area contributed by atoms with Gasteiger partial charge in [0.25, 0.3) is 5.56 Å². The third-order valence-corrected chi connectivity index (χ3v) is 7.42. The van der Waals surface area contributed by atoms with Gasteiger partial charge < -0.3 is 9.88 Å². The zero-order chi connectivity index (χ0) is 22.0. The van der Waals surface area contributed by atoms with Gasteiger partial charge in [0.1, 0.15) is 0 Å². The summed E-state index contributed by atoms with van der Waals surface area (Å²) in [7, 11) is -3.00. The number of hydrogen-bond acceptors (Lipinski definition) is 6. The molecule has 0 spiro atoms. The second-order valence-corrected chi connectivity index (χ2v) is 10.3. The smallest absolute Gasteiger partial charge is 0.251 e. The molecule has 0 aliphatic carbocycles. The van der Waals surface area contributed by atoms with Crippen LogP contribution in [0.1, 0.15) is 31.4 Å². The van der Waals surface area contributed by atoms with Gasteiger partial charge in [-0.2, -0.15) is 0 Å². The molecular formula is C22H23ClN4O3S. The van der Waals surface area contributed by atoms with E-state index in [2.05, 4.69) is 15.3 Å². The van der Waals surface area contributed by atoms with Crippen molar-refractivity contribution in [3.8, 4) is 11.3 Å². The van der Waals surface area contributed by atoms with Crippen molar-refractivity contribution in [3.05, 3.63) is 75.8 Å². The fourth-order valence-electron chi connectivity index (χ4n) is 3.89. The molecule has 7 nitrogen and oxygen atoms in total. The fraction of sp³-hybridized carbons (Fsp3) is 0.318. The normalized spacial score (nSPS) is 18.6. The van der Waals surface area contributed by atoms with E-state index in [4.69, 9.17) is 11.6 Å². The lowest BCUT2D eigenvalue weighted by Crippen LogP contribution is -2.24. The van der Waals surface area contributed by atoms with E-state index < -0.39 is 9.84 Å². The number of aromatic nitrogens is 3. The molecule has 162 valence electrons. The van der Waals surface area contributed by atoms with E-state index in [0.717, 1.165) is 12.0 Å². The number of benzene rings is 1. The number of pyridine rings is 1. The Morgan fingerprint density at radius 2 is 2.10 bits per heavy atom. The van der Waals surface area contributed by atoms with Crippen molar-refractivity contribution in [3.63, 3.8) is 0 Å². The highest BCUT2D eigenvalue weighted by Gasteiger charge is 2.28. The topological polar surface area (TPSA) is 93.9 Å². The first-order valence-corrected chi connectivity index (χ1v) is 12.3. The van der Waals surface area contributed by atoms with Crippen LogP contribution in [0.25, 0.3) is 11.3 Å². The summed E-state index contributed by atoms with van der Waals surface area (Å²) in [5.41, 5.74) is 2.11. The molecule has 0 radical (unpaired) electrons. The molecule has 0 amide bonds. The molecule has 1 saturated heterocycles. The van der Waals surface area contributed by atoms with Crippen LogP contribution < -0.4 is 10.9 Å². The lowest BCUT2D eigenvalue weighted by Gasteiger charge is -2.19. The molecule has 2 aromatic heterocycles. The van der Waals surface area contributed by atoms with Crippen LogP contribution in [-0.4, -0.2) is 40.5 Å². The van der Waals surface area contributed by atoms with Crippen LogP contribution in [0.4, 0.5) is 5.95 Å². The lowest BCUT2D eigenvalue weighted by molar-refractivity contribution is 0.549. The SMILES string of the molecule is CCC(c1cccc(Cl)c1)n1ccc(-c2ccnc(NC3CCS(=O)(=O)C3)n2)cc1=O. The van der Waals surface area contributed by atoms with Crippen molar-refractivity contribution in [1.82, 2.24) is 14.5 Å². The third kappa shape index (κ3) is 4.97. The summed E-state index contributed by atoms with van der Waals surface area (Å²) in [6.45, 7) is 2.03. The summed E-state index contributed by atoms with van der Waals surface area (Å²) < 4.78 is 25.0. The number of hydrogen-bond donors (Lipinski definition) is 1. The second-order valence-electron chi connectivity index (χ2n) is 7.65. The van der Waals surface area contributed by atoms with Crippen LogP contribution >= 0.6 is 11.6 Å². The molecule has 1 aromatic carbocycles. The quantitative estimate of drug-likeness (QED) is 0.607. The number of rotatable bonds is 6. The minimum absolute atomic E-state index is 0.0819. The van der Waals surface area contributed by atoms with Crippen LogP contribution in [0.5, 0.6) is 0 Å². The van der Waals surface area contributed by atoms with E-state index >= 15 is 0 Å². The largest absolute Gasteiger partial charge is 0.350 e. The van der Waals surface area contributed by atoms with Gasteiger partial charge in [0.2, 0.25) is 5.95 Å². The average molecular weight is 459 g/mol. The predicted octanol–water partition coefficient (Wildman–Crippen LogP) is 3.56. The molecule has 1 fully saturated rings. The highest BCUT2D eigenvalue weighted by atomic mass is 35.5. The van der Waals surface area contributed by atoms with Gasteiger partial charge in [0, 0.05) is 35.1 Å². The maximum atomic E-state index is 12.9. The Balaban J connectivity index is 1.59. The summed E-state index contributed by atoms with van der Waals surface area (Å²) in [6.07, 6.45) is 4.64. The van der Waals surface area contributed by atoms with Crippen LogP contribution in [0, 0.1) is 0 Å². The van der Waals surface area contributed by atoms with Crippen LogP contribution in [-0.2, 0) is 9.84 Å². The molecule has 2 atom stereocenters. The molecule has 1 N–H and O–H groups in total. The van der Waals surface area contributed by atoms with Gasteiger partial charge in [-0.25, -0.2) is 18.4 Å². The highest BCUT2D eigenvalue weighted by molar-refractivity contribution is 7.91. The van der Waals surface area contributed by atoms with Crippen molar-refractivity contribution in [2.75, 3.05) is 16.8 Å². The Labute approximate surface area is 186 Å². The minimum Gasteiger partial charge on any atom is -0.350 e. The summed E-state index contributed by atoms with van der Waals surface area (Å²) in [5, 5.41) is 3.73. The Morgan fingerprint density at radius 3 is 2.77 bits per heavy atom. The van der Waals surface area contributed by atoms with E-state index in [1.54, 1.807) is 29.1 Å². The number of nitrogens with one attached hydrogen (secondary N) is 1. The molecule has 1 aliphatic rings. The van der Waals surface area contributed by atoms with E-state index in [1.165, 1.54) is 0 Å². The summed E-state index contributed by atoms with van der Waals surface area (Å²) in [4.78, 5) is 21.6. The van der Waals surface area contributed by atoms with E-state index in [9.17, 15) is 13.2 Å². The molecule has 3 heterocycles. The molecule has 0 saturated carbocycles. The van der Waals surface area contributed by atoms with Crippen molar-refractivity contribution >= 4 is 27.4 Å².